The smallest absolute Gasteiger partial charge is 0.406 e. The quantitative estimate of drug-likeness (QED) is 0.590. The van der Waals surface area contributed by atoms with Crippen molar-refractivity contribution in [1.82, 2.24) is 9.88 Å². The maximum Gasteiger partial charge on any atom is 0.406 e. The Bertz CT molecular complexity index is 405. The van der Waals surface area contributed by atoms with Crippen LogP contribution in [-0.4, -0.2) is 41.0 Å². The molecule has 2 rings (SSSR count). The van der Waals surface area contributed by atoms with E-state index in [9.17, 15) is 10.1 Å². The summed E-state index contributed by atoms with van der Waals surface area (Å²) in [6.07, 6.45) is 5.15. The summed E-state index contributed by atoms with van der Waals surface area (Å²) in [5.41, 5.74) is 0. The van der Waals surface area contributed by atoms with Gasteiger partial charge in [0, 0.05) is 6.54 Å². The minimum atomic E-state index is -0.518. The van der Waals surface area contributed by atoms with Gasteiger partial charge in [0.1, 0.15) is 12.8 Å². The average molecular weight is 251 g/mol. The molecule has 18 heavy (non-hydrogen) atoms. The molecule has 1 aromatic rings. The van der Waals surface area contributed by atoms with E-state index < -0.39 is 4.92 Å². The van der Waals surface area contributed by atoms with Gasteiger partial charge in [-0.2, -0.15) is 0 Å². The molecule has 98 valence electrons. The van der Waals surface area contributed by atoms with E-state index in [-0.39, 0.29) is 11.6 Å². The number of likely N-dealkylation sites (tertiary alicyclic amines) is 1. The minimum absolute atomic E-state index is 0.212. The molecule has 0 unspecified atom stereocenters. The molecule has 1 fully saturated rings. The summed E-state index contributed by atoms with van der Waals surface area (Å²) in [5.74, 6) is 0.0376. The van der Waals surface area contributed by atoms with Crippen molar-refractivity contribution in [2.45, 2.75) is 19.3 Å². The van der Waals surface area contributed by atoms with Crippen LogP contribution in [-0.2, 0) is 0 Å². The third-order valence-electron chi connectivity index (χ3n) is 3.04. The molecule has 0 N–H and O–H groups in total. The van der Waals surface area contributed by atoms with Crippen LogP contribution in [0.1, 0.15) is 19.3 Å². The molecule has 0 amide bonds. The lowest BCUT2D eigenvalue weighted by molar-refractivity contribution is -0.390. The van der Waals surface area contributed by atoms with E-state index >= 15 is 0 Å². The molecule has 0 saturated carbocycles. The standard InChI is InChI=1S/C12H17N3O3/c16-15(17)12-11(5-4-6-13-12)18-10-9-14-7-2-1-3-8-14/h4-6H,1-3,7-10H2. The highest BCUT2D eigenvalue weighted by atomic mass is 16.6. The fourth-order valence-electron chi connectivity index (χ4n) is 2.10. The van der Waals surface area contributed by atoms with Gasteiger partial charge in [-0.3, -0.25) is 4.90 Å². The highest BCUT2D eigenvalue weighted by molar-refractivity contribution is 5.38. The van der Waals surface area contributed by atoms with Gasteiger partial charge >= 0.3 is 5.82 Å². The van der Waals surface area contributed by atoms with Crippen LogP contribution >= 0.6 is 0 Å². The van der Waals surface area contributed by atoms with Gasteiger partial charge in [-0.15, -0.1) is 0 Å². The summed E-state index contributed by atoms with van der Waals surface area (Å²) < 4.78 is 5.46. The van der Waals surface area contributed by atoms with Crippen molar-refractivity contribution in [2.75, 3.05) is 26.2 Å². The van der Waals surface area contributed by atoms with Crippen LogP contribution in [0.5, 0.6) is 5.75 Å². The molecule has 0 spiro atoms. The number of hydrogen-bond donors (Lipinski definition) is 0. The molecule has 2 heterocycles. The van der Waals surface area contributed by atoms with Gasteiger partial charge in [0.25, 0.3) is 0 Å². The van der Waals surface area contributed by atoms with Crippen LogP contribution in [0.4, 0.5) is 5.82 Å². The third kappa shape index (κ3) is 3.40. The van der Waals surface area contributed by atoms with Crippen molar-refractivity contribution in [3.8, 4) is 5.75 Å². The fourth-order valence-corrected chi connectivity index (χ4v) is 2.10. The molecule has 6 nitrogen and oxygen atoms in total. The van der Waals surface area contributed by atoms with E-state index in [1.807, 2.05) is 0 Å². The number of piperidine rings is 1. The first-order valence-electron chi connectivity index (χ1n) is 6.22. The van der Waals surface area contributed by atoms with Crippen LogP contribution in [0.3, 0.4) is 0 Å². The second-order valence-electron chi connectivity index (χ2n) is 4.33. The summed E-state index contributed by atoms with van der Waals surface area (Å²) in [6, 6.07) is 3.23. The SMILES string of the molecule is O=[N+]([O-])c1ncccc1OCCN1CCCCC1. The normalized spacial score (nSPS) is 16.4. The largest absolute Gasteiger partial charge is 0.484 e. The van der Waals surface area contributed by atoms with Gasteiger partial charge in [-0.05, 0) is 48.0 Å². The highest BCUT2D eigenvalue weighted by Crippen LogP contribution is 2.22. The Morgan fingerprint density at radius 1 is 1.39 bits per heavy atom. The van der Waals surface area contributed by atoms with Crippen molar-refractivity contribution in [3.63, 3.8) is 0 Å². The maximum absolute atomic E-state index is 10.7. The van der Waals surface area contributed by atoms with Gasteiger partial charge in [-0.1, -0.05) is 6.42 Å². The Hall–Kier alpha value is -1.69. The molecule has 0 aromatic carbocycles. The number of ether oxygens (including phenoxy) is 1. The van der Waals surface area contributed by atoms with Gasteiger partial charge in [-0.25, -0.2) is 0 Å². The number of aromatic nitrogens is 1. The van der Waals surface area contributed by atoms with Crippen molar-refractivity contribution >= 4 is 5.82 Å². The molecule has 1 aromatic heterocycles. The van der Waals surface area contributed by atoms with Crippen LogP contribution < -0.4 is 4.74 Å². The summed E-state index contributed by atoms with van der Waals surface area (Å²) in [7, 11) is 0. The molecule has 0 aliphatic carbocycles. The summed E-state index contributed by atoms with van der Waals surface area (Å²) in [4.78, 5) is 16.3. The Morgan fingerprint density at radius 3 is 2.89 bits per heavy atom. The second kappa shape index (κ2) is 6.30. The van der Waals surface area contributed by atoms with Gasteiger partial charge in [0.2, 0.25) is 5.75 Å². The molecule has 1 aliphatic heterocycles. The number of pyridine rings is 1. The van der Waals surface area contributed by atoms with E-state index in [4.69, 9.17) is 4.74 Å². The lowest BCUT2D eigenvalue weighted by atomic mass is 10.1. The predicted molar refractivity (Wildman–Crippen MR) is 66.7 cm³/mol. The lowest BCUT2D eigenvalue weighted by Gasteiger charge is -2.26. The average Bonchev–Trinajstić information content (AvgIpc) is 2.40. The van der Waals surface area contributed by atoms with E-state index in [2.05, 4.69) is 9.88 Å². The number of nitrogens with zero attached hydrogens (tertiary/aromatic N) is 3. The maximum atomic E-state index is 10.7. The van der Waals surface area contributed by atoms with Gasteiger partial charge in [0.05, 0.1) is 0 Å². The van der Waals surface area contributed by atoms with E-state index in [1.54, 1.807) is 12.1 Å². The third-order valence-corrected chi connectivity index (χ3v) is 3.04. The number of hydrogen-bond acceptors (Lipinski definition) is 5. The molecule has 0 atom stereocenters. The summed E-state index contributed by atoms with van der Waals surface area (Å²) >= 11 is 0. The van der Waals surface area contributed by atoms with E-state index in [0.29, 0.717) is 6.61 Å². The minimum Gasteiger partial charge on any atom is -0.484 e. The molecular formula is C12H17N3O3. The van der Waals surface area contributed by atoms with Crippen LogP contribution in [0.25, 0.3) is 0 Å². The number of nitro groups is 1. The Labute approximate surface area is 106 Å². The first-order chi connectivity index (χ1) is 8.77. The first kappa shape index (κ1) is 12.8. The zero-order chi connectivity index (χ0) is 12.8. The Balaban J connectivity index is 1.84. The first-order valence-corrected chi connectivity index (χ1v) is 6.22. The Kier molecular flexibility index (Phi) is 4.46. The zero-order valence-electron chi connectivity index (χ0n) is 10.2. The Morgan fingerprint density at radius 2 is 2.17 bits per heavy atom. The molecule has 1 aliphatic rings. The van der Waals surface area contributed by atoms with E-state index in [1.165, 1.54) is 25.5 Å². The molecule has 6 heteroatoms. The summed E-state index contributed by atoms with van der Waals surface area (Å²) in [5, 5.41) is 10.7. The summed E-state index contributed by atoms with van der Waals surface area (Å²) in [6.45, 7) is 3.47. The topological polar surface area (TPSA) is 68.5 Å². The van der Waals surface area contributed by atoms with Crippen molar-refractivity contribution < 1.29 is 9.66 Å². The lowest BCUT2D eigenvalue weighted by Crippen LogP contribution is -2.33. The second-order valence-corrected chi connectivity index (χ2v) is 4.33. The van der Waals surface area contributed by atoms with Crippen molar-refractivity contribution in [3.05, 3.63) is 28.4 Å². The van der Waals surface area contributed by atoms with Crippen LogP contribution in [0.2, 0.25) is 0 Å². The van der Waals surface area contributed by atoms with Crippen molar-refractivity contribution in [1.29, 1.82) is 0 Å². The van der Waals surface area contributed by atoms with Crippen molar-refractivity contribution in [2.24, 2.45) is 0 Å². The van der Waals surface area contributed by atoms with E-state index in [0.717, 1.165) is 19.6 Å². The fraction of sp³-hybridized carbons (Fsp3) is 0.583. The van der Waals surface area contributed by atoms with Crippen LogP contribution in [0, 0.1) is 10.1 Å². The molecule has 0 bridgehead atoms. The molecular weight excluding hydrogens is 234 g/mol. The number of rotatable bonds is 5. The molecule has 1 saturated heterocycles. The predicted octanol–water partition coefficient (Wildman–Crippen LogP) is 1.85. The monoisotopic (exact) mass is 251 g/mol. The van der Waals surface area contributed by atoms with Crippen LogP contribution in [0.15, 0.2) is 18.3 Å². The molecule has 0 radical (unpaired) electrons. The van der Waals surface area contributed by atoms with Gasteiger partial charge in [0.15, 0.2) is 0 Å². The van der Waals surface area contributed by atoms with Gasteiger partial charge < -0.3 is 14.9 Å². The zero-order valence-corrected chi connectivity index (χ0v) is 10.2. The highest BCUT2D eigenvalue weighted by Gasteiger charge is 2.16.